The van der Waals surface area contributed by atoms with Gasteiger partial charge in [-0.1, -0.05) is 5.92 Å². The maximum absolute atomic E-state index is 10.9. The van der Waals surface area contributed by atoms with Gasteiger partial charge in [-0.05, 0) is 24.3 Å². The minimum Gasteiger partial charge on any atom is -0.374 e. The highest BCUT2D eigenvalue weighted by molar-refractivity contribution is 7.92. The van der Waals surface area contributed by atoms with Crippen molar-refractivity contribution in [3.05, 3.63) is 24.3 Å². The van der Waals surface area contributed by atoms with E-state index < -0.39 is 10.0 Å². The van der Waals surface area contributed by atoms with Crippen molar-refractivity contribution >= 4 is 21.4 Å². The van der Waals surface area contributed by atoms with Crippen molar-refractivity contribution in [1.82, 2.24) is 0 Å². The SMILES string of the molecule is C#CCNc1ccc(NS(C)(=O)=O)cc1. The van der Waals surface area contributed by atoms with Gasteiger partial charge in [0.05, 0.1) is 12.8 Å². The van der Waals surface area contributed by atoms with Crippen LogP contribution in [-0.2, 0) is 10.0 Å². The number of hydrogen-bond donors (Lipinski definition) is 2. The molecule has 4 nitrogen and oxygen atoms in total. The van der Waals surface area contributed by atoms with E-state index in [9.17, 15) is 8.42 Å². The first kappa shape index (κ1) is 11.4. The third-order valence-corrected chi connectivity index (χ3v) is 2.19. The van der Waals surface area contributed by atoms with Gasteiger partial charge in [-0.25, -0.2) is 8.42 Å². The lowest BCUT2D eigenvalue weighted by Crippen LogP contribution is -2.09. The molecule has 0 radical (unpaired) electrons. The Hall–Kier alpha value is -1.67. The van der Waals surface area contributed by atoms with Gasteiger partial charge in [-0.2, -0.15) is 0 Å². The Balaban J connectivity index is 2.69. The molecule has 0 bridgehead atoms. The predicted octanol–water partition coefficient (Wildman–Crippen LogP) is 1.10. The zero-order valence-corrected chi connectivity index (χ0v) is 9.14. The lowest BCUT2D eigenvalue weighted by molar-refractivity contribution is 0.607. The van der Waals surface area contributed by atoms with Crippen LogP contribution in [0.5, 0.6) is 0 Å². The first-order chi connectivity index (χ1) is 7.01. The van der Waals surface area contributed by atoms with Crippen LogP contribution in [0.25, 0.3) is 0 Å². The predicted molar refractivity (Wildman–Crippen MR) is 62.2 cm³/mol. The third kappa shape index (κ3) is 4.38. The summed E-state index contributed by atoms with van der Waals surface area (Å²) in [4.78, 5) is 0. The molecule has 2 N–H and O–H groups in total. The molecule has 0 aliphatic heterocycles. The Morgan fingerprint density at radius 1 is 1.27 bits per heavy atom. The molecule has 0 spiro atoms. The number of rotatable bonds is 4. The van der Waals surface area contributed by atoms with E-state index >= 15 is 0 Å². The molecule has 0 saturated heterocycles. The van der Waals surface area contributed by atoms with Gasteiger partial charge in [0.1, 0.15) is 0 Å². The highest BCUT2D eigenvalue weighted by atomic mass is 32.2. The van der Waals surface area contributed by atoms with Gasteiger partial charge in [0, 0.05) is 11.4 Å². The van der Waals surface area contributed by atoms with E-state index in [0.29, 0.717) is 12.2 Å². The monoisotopic (exact) mass is 224 g/mol. The molecular weight excluding hydrogens is 212 g/mol. The van der Waals surface area contributed by atoms with Gasteiger partial charge >= 0.3 is 0 Å². The Labute approximate surface area is 89.8 Å². The second kappa shape index (κ2) is 4.71. The molecule has 1 aromatic rings. The van der Waals surface area contributed by atoms with E-state index in [4.69, 9.17) is 6.42 Å². The topological polar surface area (TPSA) is 58.2 Å². The lowest BCUT2D eigenvalue weighted by Gasteiger charge is -2.05. The molecule has 5 heteroatoms. The Bertz CT molecular complexity index is 457. The number of hydrogen-bond acceptors (Lipinski definition) is 3. The molecule has 0 atom stereocenters. The van der Waals surface area contributed by atoms with Crippen molar-refractivity contribution in [2.45, 2.75) is 0 Å². The van der Waals surface area contributed by atoms with Crippen LogP contribution in [0.15, 0.2) is 24.3 Å². The van der Waals surface area contributed by atoms with Gasteiger partial charge in [-0.3, -0.25) is 4.72 Å². The van der Waals surface area contributed by atoms with Crippen molar-refractivity contribution in [2.75, 3.05) is 22.8 Å². The standard InChI is InChI=1S/C10H12N2O2S/c1-3-8-11-9-4-6-10(7-5-9)12-15(2,13)14/h1,4-7,11-12H,8H2,2H3. The highest BCUT2D eigenvalue weighted by Crippen LogP contribution is 2.13. The first-order valence-corrected chi connectivity index (χ1v) is 6.15. The highest BCUT2D eigenvalue weighted by Gasteiger charge is 2.00. The van der Waals surface area contributed by atoms with Crippen LogP contribution >= 0.6 is 0 Å². The van der Waals surface area contributed by atoms with Gasteiger partial charge in [0.25, 0.3) is 0 Å². The van der Waals surface area contributed by atoms with Crippen molar-refractivity contribution in [3.63, 3.8) is 0 Å². The summed E-state index contributed by atoms with van der Waals surface area (Å²) in [6, 6.07) is 6.84. The minimum absolute atomic E-state index is 0.443. The fourth-order valence-corrected chi connectivity index (χ4v) is 1.59. The van der Waals surface area contributed by atoms with Crippen LogP contribution in [0, 0.1) is 12.3 Å². The van der Waals surface area contributed by atoms with E-state index in [1.54, 1.807) is 24.3 Å². The van der Waals surface area contributed by atoms with Gasteiger partial charge in [-0.15, -0.1) is 6.42 Å². The van der Waals surface area contributed by atoms with Gasteiger partial charge < -0.3 is 5.32 Å². The molecule has 0 saturated carbocycles. The smallest absolute Gasteiger partial charge is 0.229 e. The molecule has 0 aliphatic rings. The first-order valence-electron chi connectivity index (χ1n) is 4.26. The molecule has 1 aromatic carbocycles. The number of sulfonamides is 1. The number of benzene rings is 1. The molecular formula is C10H12N2O2S. The fraction of sp³-hybridized carbons (Fsp3) is 0.200. The van der Waals surface area contributed by atoms with E-state index in [-0.39, 0.29) is 0 Å². The molecule has 0 aromatic heterocycles. The summed E-state index contributed by atoms with van der Waals surface area (Å²) in [7, 11) is -3.21. The molecule has 15 heavy (non-hydrogen) atoms. The second-order valence-electron chi connectivity index (χ2n) is 3.01. The van der Waals surface area contributed by atoms with E-state index in [1.807, 2.05) is 0 Å². The second-order valence-corrected chi connectivity index (χ2v) is 4.76. The average Bonchev–Trinajstić information content (AvgIpc) is 2.14. The van der Waals surface area contributed by atoms with E-state index in [0.717, 1.165) is 11.9 Å². The van der Waals surface area contributed by atoms with Crippen LogP contribution in [-0.4, -0.2) is 21.2 Å². The Kier molecular flexibility index (Phi) is 3.58. The molecule has 1 rings (SSSR count). The zero-order chi connectivity index (χ0) is 11.3. The average molecular weight is 224 g/mol. The quantitative estimate of drug-likeness (QED) is 0.753. The fourth-order valence-electron chi connectivity index (χ4n) is 1.02. The number of nitrogens with one attached hydrogen (secondary N) is 2. The molecule has 0 fully saturated rings. The Morgan fingerprint density at radius 2 is 1.80 bits per heavy atom. The van der Waals surface area contributed by atoms with Crippen LogP contribution in [0.3, 0.4) is 0 Å². The summed E-state index contributed by atoms with van der Waals surface area (Å²) >= 11 is 0. The maximum atomic E-state index is 10.9. The summed E-state index contributed by atoms with van der Waals surface area (Å²) in [6.45, 7) is 0.443. The van der Waals surface area contributed by atoms with Crippen molar-refractivity contribution in [1.29, 1.82) is 0 Å². The molecule has 0 aliphatic carbocycles. The summed E-state index contributed by atoms with van der Waals surface area (Å²) < 4.78 is 24.2. The summed E-state index contributed by atoms with van der Waals surface area (Å²) in [5, 5.41) is 2.97. The minimum atomic E-state index is -3.21. The van der Waals surface area contributed by atoms with Gasteiger partial charge in [0.15, 0.2) is 0 Å². The summed E-state index contributed by atoms with van der Waals surface area (Å²) in [6.07, 6.45) is 6.19. The van der Waals surface area contributed by atoms with E-state index in [2.05, 4.69) is 16.0 Å². The maximum Gasteiger partial charge on any atom is 0.229 e. The van der Waals surface area contributed by atoms with Gasteiger partial charge in [0.2, 0.25) is 10.0 Å². The number of terminal acetylenes is 1. The lowest BCUT2D eigenvalue weighted by atomic mass is 10.3. The largest absolute Gasteiger partial charge is 0.374 e. The molecule has 80 valence electrons. The molecule has 0 unspecified atom stereocenters. The molecule has 0 heterocycles. The normalized spacial score (nSPS) is 10.4. The Morgan fingerprint density at radius 3 is 2.27 bits per heavy atom. The van der Waals surface area contributed by atoms with Crippen LogP contribution in [0.1, 0.15) is 0 Å². The summed E-state index contributed by atoms with van der Waals surface area (Å²) in [5.74, 6) is 2.45. The van der Waals surface area contributed by atoms with Crippen molar-refractivity contribution in [2.24, 2.45) is 0 Å². The van der Waals surface area contributed by atoms with Crippen molar-refractivity contribution < 1.29 is 8.42 Å². The van der Waals surface area contributed by atoms with E-state index in [1.165, 1.54) is 0 Å². The van der Waals surface area contributed by atoms with Crippen LogP contribution < -0.4 is 10.0 Å². The summed E-state index contributed by atoms with van der Waals surface area (Å²) in [5.41, 5.74) is 1.38. The third-order valence-electron chi connectivity index (χ3n) is 1.58. The van der Waals surface area contributed by atoms with Crippen LogP contribution in [0.4, 0.5) is 11.4 Å². The van der Waals surface area contributed by atoms with Crippen LogP contribution in [0.2, 0.25) is 0 Å². The molecule has 0 amide bonds. The zero-order valence-electron chi connectivity index (χ0n) is 8.32. The van der Waals surface area contributed by atoms with Crippen molar-refractivity contribution in [3.8, 4) is 12.3 Å². The number of anilines is 2.